The Labute approximate surface area is 89.2 Å². The zero-order valence-corrected chi connectivity index (χ0v) is 8.76. The maximum atomic E-state index is 10.4. The Morgan fingerprint density at radius 1 is 1.73 bits per heavy atom. The van der Waals surface area contributed by atoms with E-state index < -0.39 is 6.10 Å². The minimum absolute atomic E-state index is 0.126. The summed E-state index contributed by atoms with van der Waals surface area (Å²) >= 11 is 0. The summed E-state index contributed by atoms with van der Waals surface area (Å²) in [6.45, 7) is 5.17. The van der Waals surface area contributed by atoms with Crippen LogP contribution in [0, 0.1) is 0 Å². The molecule has 0 bridgehead atoms. The number of hydrogen-bond donors (Lipinski definition) is 1. The number of rotatable bonds is 4. The SMILES string of the molecule is C=C[C@H]1O[C@@H](/C=C/COC(C)=O)C[C@@H]1O. The van der Waals surface area contributed by atoms with Crippen molar-refractivity contribution in [3.05, 3.63) is 24.8 Å². The van der Waals surface area contributed by atoms with Crippen LogP contribution in [0.5, 0.6) is 0 Å². The van der Waals surface area contributed by atoms with E-state index in [9.17, 15) is 9.90 Å². The first-order valence-corrected chi connectivity index (χ1v) is 4.89. The van der Waals surface area contributed by atoms with Gasteiger partial charge in [0.15, 0.2) is 0 Å². The molecule has 0 aromatic heterocycles. The molecule has 0 radical (unpaired) electrons. The van der Waals surface area contributed by atoms with Gasteiger partial charge in [0.05, 0.1) is 12.2 Å². The molecule has 4 heteroatoms. The molecule has 0 aromatic rings. The second-order valence-corrected chi connectivity index (χ2v) is 3.41. The maximum absolute atomic E-state index is 10.4. The summed E-state index contributed by atoms with van der Waals surface area (Å²) < 4.78 is 10.2. The van der Waals surface area contributed by atoms with Gasteiger partial charge in [-0.3, -0.25) is 4.79 Å². The van der Waals surface area contributed by atoms with Gasteiger partial charge in [0.2, 0.25) is 0 Å². The van der Waals surface area contributed by atoms with Crippen molar-refractivity contribution in [1.82, 2.24) is 0 Å². The average Bonchev–Trinajstić information content (AvgIpc) is 2.53. The van der Waals surface area contributed by atoms with E-state index in [1.165, 1.54) is 6.92 Å². The van der Waals surface area contributed by atoms with Crippen molar-refractivity contribution < 1.29 is 19.4 Å². The molecule has 0 spiro atoms. The summed E-state index contributed by atoms with van der Waals surface area (Å²) in [7, 11) is 0. The fourth-order valence-corrected chi connectivity index (χ4v) is 1.43. The highest BCUT2D eigenvalue weighted by Crippen LogP contribution is 2.21. The third-order valence-corrected chi connectivity index (χ3v) is 2.15. The highest BCUT2D eigenvalue weighted by Gasteiger charge is 2.29. The van der Waals surface area contributed by atoms with Crippen LogP contribution < -0.4 is 0 Å². The van der Waals surface area contributed by atoms with E-state index in [-0.39, 0.29) is 24.8 Å². The van der Waals surface area contributed by atoms with E-state index in [2.05, 4.69) is 6.58 Å². The lowest BCUT2D eigenvalue weighted by atomic mass is 10.1. The monoisotopic (exact) mass is 212 g/mol. The molecule has 3 atom stereocenters. The first-order valence-electron chi connectivity index (χ1n) is 4.89. The van der Waals surface area contributed by atoms with Crippen LogP contribution >= 0.6 is 0 Å². The molecule has 15 heavy (non-hydrogen) atoms. The van der Waals surface area contributed by atoms with Gasteiger partial charge in [-0.15, -0.1) is 6.58 Å². The standard InChI is InChI=1S/C11H16O4/c1-3-11-10(13)7-9(15-11)5-4-6-14-8(2)12/h3-5,9-11,13H,1,6-7H2,2H3/b5-4+/t9-,10-,11+/m0/s1. The van der Waals surface area contributed by atoms with Crippen LogP contribution in [0.3, 0.4) is 0 Å². The molecule has 84 valence electrons. The molecule has 0 unspecified atom stereocenters. The lowest BCUT2D eigenvalue weighted by Crippen LogP contribution is -2.17. The highest BCUT2D eigenvalue weighted by atomic mass is 16.5. The molecule has 1 aliphatic rings. The Hall–Kier alpha value is -1.13. The van der Waals surface area contributed by atoms with Gasteiger partial charge >= 0.3 is 5.97 Å². The van der Waals surface area contributed by atoms with Crippen LogP contribution in [-0.2, 0) is 14.3 Å². The smallest absolute Gasteiger partial charge is 0.302 e. The van der Waals surface area contributed by atoms with E-state index in [1.54, 1.807) is 18.2 Å². The molecule has 1 saturated heterocycles. The number of aliphatic hydroxyl groups excluding tert-OH is 1. The van der Waals surface area contributed by atoms with E-state index in [0.717, 1.165) is 0 Å². The van der Waals surface area contributed by atoms with Crippen LogP contribution in [0.15, 0.2) is 24.8 Å². The van der Waals surface area contributed by atoms with Crippen LogP contribution in [-0.4, -0.2) is 36.0 Å². The molecule has 1 N–H and O–H groups in total. The molecular formula is C11H16O4. The van der Waals surface area contributed by atoms with E-state index in [0.29, 0.717) is 6.42 Å². The van der Waals surface area contributed by atoms with Gasteiger partial charge in [0.25, 0.3) is 0 Å². The summed E-state index contributed by atoms with van der Waals surface area (Å²) in [5.41, 5.74) is 0. The summed E-state index contributed by atoms with van der Waals surface area (Å²) in [6, 6.07) is 0. The number of aliphatic hydroxyl groups is 1. The van der Waals surface area contributed by atoms with Gasteiger partial charge in [-0.25, -0.2) is 0 Å². The molecule has 0 aliphatic carbocycles. The number of ether oxygens (including phenoxy) is 2. The summed E-state index contributed by atoms with van der Waals surface area (Å²) in [5.74, 6) is -0.309. The fourth-order valence-electron chi connectivity index (χ4n) is 1.43. The normalized spacial score (nSPS) is 30.7. The first-order chi connectivity index (χ1) is 7.13. The average molecular weight is 212 g/mol. The molecule has 4 nitrogen and oxygen atoms in total. The Bertz CT molecular complexity index is 259. The van der Waals surface area contributed by atoms with Crippen molar-refractivity contribution in [3.8, 4) is 0 Å². The molecule has 0 aromatic carbocycles. The van der Waals surface area contributed by atoms with Crippen LogP contribution in [0.1, 0.15) is 13.3 Å². The van der Waals surface area contributed by atoms with Gasteiger partial charge in [-0.05, 0) is 6.08 Å². The number of carbonyl (C=O) groups excluding carboxylic acids is 1. The van der Waals surface area contributed by atoms with Crippen molar-refractivity contribution in [3.63, 3.8) is 0 Å². The lowest BCUT2D eigenvalue weighted by Gasteiger charge is -2.07. The van der Waals surface area contributed by atoms with E-state index in [4.69, 9.17) is 9.47 Å². The zero-order valence-electron chi connectivity index (χ0n) is 8.76. The Balaban J connectivity index is 2.28. The lowest BCUT2D eigenvalue weighted by molar-refractivity contribution is -0.139. The van der Waals surface area contributed by atoms with E-state index in [1.807, 2.05) is 0 Å². The summed E-state index contributed by atoms with van der Waals surface area (Å²) in [6.07, 6.45) is 4.72. The summed E-state index contributed by atoms with van der Waals surface area (Å²) in [4.78, 5) is 10.4. The zero-order chi connectivity index (χ0) is 11.3. The molecule has 1 heterocycles. The second-order valence-electron chi connectivity index (χ2n) is 3.41. The fraction of sp³-hybridized carbons (Fsp3) is 0.545. The molecule has 1 aliphatic heterocycles. The van der Waals surface area contributed by atoms with Crippen molar-refractivity contribution in [2.45, 2.75) is 31.7 Å². The van der Waals surface area contributed by atoms with Crippen LogP contribution in [0.25, 0.3) is 0 Å². The molecule has 1 fully saturated rings. The second kappa shape index (κ2) is 5.68. The molecule has 1 rings (SSSR count). The minimum Gasteiger partial charge on any atom is -0.462 e. The van der Waals surface area contributed by atoms with Crippen molar-refractivity contribution in [2.75, 3.05) is 6.61 Å². The van der Waals surface area contributed by atoms with Gasteiger partial charge in [-0.1, -0.05) is 12.2 Å². The third-order valence-electron chi connectivity index (χ3n) is 2.15. The van der Waals surface area contributed by atoms with Crippen LogP contribution in [0.4, 0.5) is 0 Å². The van der Waals surface area contributed by atoms with Crippen molar-refractivity contribution in [2.24, 2.45) is 0 Å². The highest BCUT2D eigenvalue weighted by molar-refractivity contribution is 5.65. The predicted molar refractivity (Wildman–Crippen MR) is 55.3 cm³/mol. The first kappa shape index (κ1) is 11.9. The van der Waals surface area contributed by atoms with Crippen LogP contribution in [0.2, 0.25) is 0 Å². The minimum atomic E-state index is -0.495. The quantitative estimate of drug-likeness (QED) is 0.553. The molecular weight excluding hydrogens is 196 g/mol. The predicted octanol–water partition coefficient (Wildman–Crippen LogP) is 0.810. The van der Waals surface area contributed by atoms with E-state index >= 15 is 0 Å². The Kier molecular flexibility index (Phi) is 4.52. The van der Waals surface area contributed by atoms with Gasteiger partial charge in [0.1, 0.15) is 12.7 Å². The Morgan fingerprint density at radius 3 is 3.00 bits per heavy atom. The number of esters is 1. The summed E-state index contributed by atoms with van der Waals surface area (Å²) in [5, 5.41) is 9.49. The van der Waals surface area contributed by atoms with Gasteiger partial charge in [0, 0.05) is 13.3 Å². The molecule has 0 amide bonds. The molecule has 0 saturated carbocycles. The maximum Gasteiger partial charge on any atom is 0.302 e. The number of carbonyl (C=O) groups is 1. The largest absolute Gasteiger partial charge is 0.462 e. The number of hydrogen-bond acceptors (Lipinski definition) is 4. The topological polar surface area (TPSA) is 55.8 Å². The van der Waals surface area contributed by atoms with Gasteiger partial charge in [-0.2, -0.15) is 0 Å². The van der Waals surface area contributed by atoms with Gasteiger partial charge < -0.3 is 14.6 Å². The van der Waals surface area contributed by atoms with Crippen molar-refractivity contribution in [1.29, 1.82) is 0 Å². The third kappa shape index (κ3) is 3.85. The Morgan fingerprint density at radius 2 is 2.47 bits per heavy atom. The van der Waals surface area contributed by atoms with Crippen molar-refractivity contribution >= 4 is 5.97 Å².